The van der Waals surface area contributed by atoms with Crippen LogP contribution >= 0.6 is 11.6 Å². The molecule has 1 aliphatic rings. The van der Waals surface area contributed by atoms with Crippen LogP contribution in [0.5, 0.6) is 0 Å². The highest BCUT2D eigenvalue weighted by molar-refractivity contribution is 6.30. The number of carbonyl (C=O) groups is 1. The summed E-state index contributed by atoms with van der Waals surface area (Å²) in [4.78, 5) is 19.0. The third kappa shape index (κ3) is 3.36. The molecule has 1 fully saturated rings. The molecule has 134 valence electrons. The number of rotatable bonds is 3. The molecule has 0 radical (unpaired) electrons. The van der Waals surface area contributed by atoms with Crippen molar-refractivity contribution in [2.45, 2.75) is 6.04 Å². The van der Waals surface area contributed by atoms with Gasteiger partial charge in [0.05, 0.1) is 12.2 Å². The zero-order valence-corrected chi connectivity index (χ0v) is 15.1. The molecule has 1 N–H and O–H groups in total. The Morgan fingerprint density at radius 1 is 1.35 bits per heavy atom. The van der Waals surface area contributed by atoms with Gasteiger partial charge in [0.2, 0.25) is 0 Å². The lowest BCUT2D eigenvalue weighted by atomic mass is 10.1. The molecule has 3 heterocycles. The van der Waals surface area contributed by atoms with Gasteiger partial charge in [0.15, 0.2) is 0 Å². The minimum absolute atomic E-state index is 0.0684. The summed E-state index contributed by atoms with van der Waals surface area (Å²) in [6.45, 7) is 1.98. The second-order valence-corrected chi connectivity index (χ2v) is 6.79. The molecule has 3 aromatic rings. The molecule has 1 amide bonds. The predicted octanol–water partition coefficient (Wildman–Crippen LogP) is 2.05. The van der Waals surface area contributed by atoms with Crippen LogP contribution in [-0.4, -0.2) is 49.8 Å². The van der Waals surface area contributed by atoms with E-state index in [-0.39, 0.29) is 11.9 Å². The zero-order valence-electron chi connectivity index (χ0n) is 14.3. The van der Waals surface area contributed by atoms with E-state index in [4.69, 9.17) is 11.6 Å². The van der Waals surface area contributed by atoms with Crippen LogP contribution in [0.2, 0.25) is 5.02 Å². The van der Waals surface area contributed by atoms with E-state index in [1.54, 1.807) is 21.8 Å². The molecule has 1 unspecified atom stereocenters. The summed E-state index contributed by atoms with van der Waals surface area (Å²) in [7, 11) is 1.89. The number of hydrogen-bond donors (Lipinski definition) is 1. The lowest BCUT2D eigenvalue weighted by Gasteiger charge is -2.32. The second kappa shape index (κ2) is 6.93. The Balaban J connectivity index is 1.50. The van der Waals surface area contributed by atoms with Gasteiger partial charge < -0.3 is 14.8 Å². The van der Waals surface area contributed by atoms with E-state index in [0.717, 1.165) is 17.8 Å². The van der Waals surface area contributed by atoms with Gasteiger partial charge in [0.25, 0.3) is 5.91 Å². The molecule has 8 heteroatoms. The van der Waals surface area contributed by atoms with Crippen LogP contribution in [0.4, 0.5) is 0 Å². The van der Waals surface area contributed by atoms with E-state index in [1.165, 1.54) is 0 Å². The van der Waals surface area contributed by atoms with Crippen LogP contribution in [0.15, 0.2) is 49.2 Å². The number of hydrogen-bond acceptors (Lipinski definition) is 4. The van der Waals surface area contributed by atoms with Gasteiger partial charge in [-0.05, 0) is 18.2 Å². The van der Waals surface area contributed by atoms with Crippen LogP contribution in [-0.2, 0) is 7.05 Å². The van der Waals surface area contributed by atoms with Crippen LogP contribution in [0.3, 0.4) is 0 Å². The number of nitrogens with one attached hydrogen (secondary N) is 1. The summed E-state index contributed by atoms with van der Waals surface area (Å²) < 4.78 is 3.57. The van der Waals surface area contributed by atoms with Gasteiger partial charge in [-0.2, -0.15) is 5.10 Å². The number of halogens is 1. The molecule has 26 heavy (non-hydrogen) atoms. The van der Waals surface area contributed by atoms with Crippen LogP contribution in [0, 0.1) is 0 Å². The van der Waals surface area contributed by atoms with E-state index < -0.39 is 0 Å². The molecule has 1 atom stereocenters. The molecule has 4 rings (SSSR count). The quantitative estimate of drug-likeness (QED) is 0.766. The molecule has 0 spiro atoms. The third-order valence-electron chi connectivity index (χ3n) is 4.50. The standard InChI is InChI=1S/C18H19ClN6O/c1-23-9-13(8-22-23)16-10-24(6-5-20-16)18(26)17-11-25(12-21-17)15-4-2-3-14(19)7-15/h2-4,7-9,11-12,16,20H,5-6,10H2,1H3. The number of benzene rings is 1. The fourth-order valence-corrected chi connectivity index (χ4v) is 3.34. The highest BCUT2D eigenvalue weighted by Crippen LogP contribution is 2.19. The topological polar surface area (TPSA) is 68.0 Å². The highest BCUT2D eigenvalue weighted by atomic mass is 35.5. The van der Waals surface area contributed by atoms with Crippen molar-refractivity contribution in [3.8, 4) is 5.69 Å². The maximum Gasteiger partial charge on any atom is 0.274 e. The third-order valence-corrected chi connectivity index (χ3v) is 4.73. The highest BCUT2D eigenvalue weighted by Gasteiger charge is 2.27. The monoisotopic (exact) mass is 370 g/mol. The Morgan fingerprint density at radius 3 is 3.00 bits per heavy atom. The molecule has 0 saturated carbocycles. The minimum atomic E-state index is -0.0684. The molecule has 1 aromatic carbocycles. The number of aromatic nitrogens is 4. The molecular weight excluding hydrogens is 352 g/mol. The summed E-state index contributed by atoms with van der Waals surface area (Å²) in [6.07, 6.45) is 7.19. The first-order valence-corrected chi connectivity index (χ1v) is 8.79. The van der Waals surface area contributed by atoms with Crippen LogP contribution in [0.25, 0.3) is 5.69 Å². The average Bonchev–Trinajstić information content (AvgIpc) is 3.30. The zero-order chi connectivity index (χ0) is 18.1. The maximum absolute atomic E-state index is 12.9. The van der Waals surface area contributed by atoms with Crippen molar-refractivity contribution in [1.82, 2.24) is 29.5 Å². The largest absolute Gasteiger partial charge is 0.334 e. The van der Waals surface area contributed by atoms with Gasteiger partial charge in [-0.15, -0.1) is 0 Å². The number of carbonyl (C=O) groups excluding carboxylic acids is 1. The van der Waals surface area contributed by atoms with Crippen LogP contribution in [0.1, 0.15) is 22.1 Å². The second-order valence-electron chi connectivity index (χ2n) is 6.35. The van der Waals surface area contributed by atoms with Gasteiger partial charge in [0.1, 0.15) is 12.0 Å². The Labute approximate surface area is 156 Å². The summed E-state index contributed by atoms with van der Waals surface area (Å²) in [5.74, 6) is -0.0684. The summed E-state index contributed by atoms with van der Waals surface area (Å²) in [5.41, 5.74) is 2.38. The van der Waals surface area contributed by atoms with Gasteiger partial charge in [-0.1, -0.05) is 17.7 Å². The number of nitrogens with zero attached hydrogens (tertiary/aromatic N) is 5. The summed E-state index contributed by atoms with van der Waals surface area (Å²) in [5, 5.41) is 8.29. The SMILES string of the molecule is Cn1cc(C2CN(C(=O)c3cn(-c4cccc(Cl)c4)cn3)CCN2)cn1. The van der Waals surface area contributed by atoms with Gasteiger partial charge in [-0.3, -0.25) is 9.48 Å². The Hall–Kier alpha value is -2.64. The van der Waals surface area contributed by atoms with Crippen molar-refractivity contribution in [2.24, 2.45) is 7.05 Å². The molecule has 0 aliphatic carbocycles. The smallest absolute Gasteiger partial charge is 0.274 e. The molecule has 1 saturated heterocycles. The summed E-state index contributed by atoms with van der Waals surface area (Å²) in [6, 6.07) is 7.52. The molecule has 2 aromatic heterocycles. The number of piperazine rings is 1. The van der Waals surface area contributed by atoms with Gasteiger partial charge >= 0.3 is 0 Å². The van der Waals surface area contributed by atoms with E-state index in [1.807, 2.05) is 48.6 Å². The van der Waals surface area contributed by atoms with Crippen molar-refractivity contribution >= 4 is 17.5 Å². The first-order chi connectivity index (χ1) is 12.6. The minimum Gasteiger partial charge on any atom is -0.334 e. The van der Waals surface area contributed by atoms with E-state index in [0.29, 0.717) is 23.8 Å². The Bertz CT molecular complexity index is 933. The molecule has 7 nitrogen and oxygen atoms in total. The first kappa shape index (κ1) is 16.8. The molecular formula is C18H19ClN6O. The van der Waals surface area contributed by atoms with Crippen LogP contribution < -0.4 is 5.32 Å². The normalized spacial score (nSPS) is 17.5. The first-order valence-electron chi connectivity index (χ1n) is 8.41. The number of imidazole rings is 1. The lowest BCUT2D eigenvalue weighted by Crippen LogP contribution is -2.48. The lowest BCUT2D eigenvalue weighted by molar-refractivity contribution is 0.0697. The predicted molar refractivity (Wildman–Crippen MR) is 98.4 cm³/mol. The van der Waals surface area contributed by atoms with E-state index >= 15 is 0 Å². The van der Waals surface area contributed by atoms with Gasteiger partial charge in [0, 0.05) is 55.3 Å². The molecule has 0 bridgehead atoms. The number of amides is 1. The number of aryl methyl sites for hydroxylation is 1. The Kier molecular flexibility index (Phi) is 4.48. The Morgan fingerprint density at radius 2 is 2.23 bits per heavy atom. The maximum atomic E-state index is 12.9. The summed E-state index contributed by atoms with van der Waals surface area (Å²) >= 11 is 6.04. The van der Waals surface area contributed by atoms with Gasteiger partial charge in [-0.25, -0.2) is 4.98 Å². The van der Waals surface area contributed by atoms with Crippen molar-refractivity contribution < 1.29 is 4.79 Å². The fraction of sp³-hybridized carbons (Fsp3) is 0.278. The van der Waals surface area contributed by atoms with Crippen molar-refractivity contribution in [2.75, 3.05) is 19.6 Å². The van der Waals surface area contributed by atoms with Crippen molar-refractivity contribution in [3.05, 3.63) is 65.5 Å². The van der Waals surface area contributed by atoms with Crippen molar-refractivity contribution in [1.29, 1.82) is 0 Å². The fourth-order valence-electron chi connectivity index (χ4n) is 3.15. The van der Waals surface area contributed by atoms with E-state index in [9.17, 15) is 4.79 Å². The molecule has 1 aliphatic heterocycles. The average molecular weight is 371 g/mol. The van der Waals surface area contributed by atoms with E-state index in [2.05, 4.69) is 15.4 Å². The van der Waals surface area contributed by atoms with Crippen molar-refractivity contribution in [3.63, 3.8) is 0 Å².